The summed E-state index contributed by atoms with van der Waals surface area (Å²) in [6, 6.07) is -0.393. The van der Waals surface area contributed by atoms with Crippen molar-refractivity contribution in [1.82, 2.24) is 5.32 Å². The fourth-order valence-corrected chi connectivity index (χ4v) is 1.10. The first-order chi connectivity index (χ1) is 7.40. The van der Waals surface area contributed by atoms with Crippen molar-refractivity contribution in [2.45, 2.75) is 51.4 Å². The second-order valence-electron chi connectivity index (χ2n) is 5.06. The Morgan fingerprint density at radius 2 is 2.12 bits per heavy atom. The fourth-order valence-electron chi connectivity index (χ4n) is 1.10. The van der Waals surface area contributed by atoms with Gasteiger partial charge in [-0.3, -0.25) is 0 Å². The molecule has 0 saturated heterocycles. The summed E-state index contributed by atoms with van der Waals surface area (Å²) in [5, 5.41) is 11.6. The molecule has 2 N–H and O–H groups in total. The Kier molecular flexibility index (Phi) is 4.56. The van der Waals surface area contributed by atoms with Gasteiger partial charge in [0.25, 0.3) is 0 Å². The van der Waals surface area contributed by atoms with Crippen LogP contribution in [0, 0.1) is 0 Å². The van der Waals surface area contributed by atoms with Crippen LogP contribution < -0.4 is 5.32 Å². The Bertz CT molecular complexity index is 233. The van der Waals surface area contributed by atoms with Crippen molar-refractivity contribution in [2.75, 3.05) is 13.2 Å². The number of aliphatic hydroxyl groups is 1. The lowest BCUT2D eigenvalue weighted by Crippen LogP contribution is -2.43. The van der Waals surface area contributed by atoms with Crippen molar-refractivity contribution in [3.8, 4) is 0 Å². The Morgan fingerprint density at radius 1 is 1.50 bits per heavy atom. The lowest BCUT2D eigenvalue weighted by Gasteiger charge is -2.22. The molecule has 16 heavy (non-hydrogen) atoms. The van der Waals surface area contributed by atoms with E-state index in [1.807, 2.05) is 0 Å². The van der Waals surface area contributed by atoms with Crippen molar-refractivity contribution in [3.63, 3.8) is 0 Å². The molecule has 1 fully saturated rings. The summed E-state index contributed by atoms with van der Waals surface area (Å²) >= 11 is 0. The Balaban J connectivity index is 2.22. The number of hydrogen-bond donors (Lipinski definition) is 2. The minimum absolute atomic E-state index is 0.147. The maximum Gasteiger partial charge on any atom is 0.408 e. The van der Waals surface area contributed by atoms with E-state index in [4.69, 9.17) is 14.6 Å². The van der Waals surface area contributed by atoms with Crippen LogP contribution in [0.25, 0.3) is 0 Å². The van der Waals surface area contributed by atoms with Crippen molar-refractivity contribution in [1.29, 1.82) is 0 Å². The summed E-state index contributed by atoms with van der Waals surface area (Å²) in [5.41, 5.74) is -0.526. The molecule has 1 rings (SSSR count). The molecule has 0 spiro atoms. The normalized spacial score (nSPS) is 18.0. The summed E-state index contributed by atoms with van der Waals surface area (Å²) in [6.45, 7) is 5.57. The van der Waals surface area contributed by atoms with Crippen LogP contribution in [0.1, 0.15) is 33.6 Å². The van der Waals surface area contributed by atoms with E-state index < -0.39 is 17.7 Å². The summed E-state index contributed by atoms with van der Waals surface area (Å²) < 4.78 is 10.5. The molecule has 5 heteroatoms. The van der Waals surface area contributed by atoms with Crippen LogP contribution in [0.2, 0.25) is 0 Å². The van der Waals surface area contributed by atoms with Gasteiger partial charge in [-0.15, -0.1) is 0 Å². The number of nitrogens with one attached hydrogen (secondary N) is 1. The van der Waals surface area contributed by atoms with E-state index in [9.17, 15) is 4.79 Å². The monoisotopic (exact) mass is 231 g/mol. The lowest BCUT2D eigenvalue weighted by atomic mass is 10.2. The minimum Gasteiger partial charge on any atom is -0.444 e. The fraction of sp³-hybridized carbons (Fsp3) is 0.909. The number of aliphatic hydroxyl groups excluding tert-OH is 1. The van der Waals surface area contributed by atoms with Crippen LogP contribution in [-0.4, -0.2) is 42.2 Å². The van der Waals surface area contributed by atoms with Crippen molar-refractivity contribution in [2.24, 2.45) is 0 Å². The topological polar surface area (TPSA) is 67.8 Å². The molecule has 1 atom stereocenters. The predicted molar refractivity (Wildman–Crippen MR) is 59.2 cm³/mol. The SMILES string of the molecule is CC(C)(C)OC(=O)N[C@H](CO)COC1CC1. The minimum atomic E-state index is -0.526. The average Bonchev–Trinajstić information content (AvgIpc) is 2.92. The number of hydrogen-bond acceptors (Lipinski definition) is 4. The quantitative estimate of drug-likeness (QED) is 0.742. The number of ether oxygens (including phenoxy) is 2. The highest BCUT2D eigenvalue weighted by Crippen LogP contribution is 2.23. The van der Waals surface area contributed by atoms with Gasteiger partial charge in [-0.2, -0.15) is 0 Å². The highest BCUT2D eigenvalue weighted by Gasteiger charge is 2.25. The molecule has 0 bridgehead atoms. The van der Waals surface area contributed by atoms with Crippen LogP contribution in [0.3, 0.4) is 0 Å². The largest absolute Gasteiger partial charge is 0.444 e. The lowest BCUT2D eigenvalue weighted by molar-refractivity contribution is 0.0365. The van der Waals surface area contributed by atoms with Gasteiger partial charge < -0.3 is 19.9 Å². The van der Waals surface area contributed by atoms with Gasteiger partial charge in [0, 0.05) is 0 Å². The molecule has 5 nitrogen and oxygen atoms in total. The molecule has 0 radical (unpaired) electrons. The van der Waals surface area contributed by atoms with Crippen LogP contribution >= 0.6 is 0 Å². The average molecular weight is 231 g/mol. The Morgan fingerprint density at radius 3 is 2.56 bits per heavy atom. The number of carbonyl (C=O) groups is 1. The van der Waals surface area contributed by atoms with Crippen LogP contribution in [0.15, 0.2) is 0 Å². The summed E-state index contributed by atoms with van der Waals surface area (Å²) in [7, 11) is 0. The smallest absolute Gasteiger partial charge is 0.408 e. The maximum absolute atomic E-state index is 11.4. The molecule has 0 heterocycles. The second-order valence-corrected chi connectivity index (χ2v) is 5.06. The molecule has 0 aliphatic heterocycles. The summed E-state index contributed by atoms with van der Waals surface area (Å²) in [5.74, 6) is 0. The van der Waals surface area contributed by atoms with E-state index in [1.165, 1.54) is 0 Å². The number of alkyl carbamates (subject to hydrolysis) is 1. The molecule has 0 unspecified atom stereocenters. The first kappa shape index (κ1) is 13.3. The zero-order chi connectivity index (χ0) is 12.2. The predicted octanol–water partition coefficient (Wildman–Crippen LogP) is 1.05. The van der Waals surface area contributed by atoms with Gasteiger partial charge in [0.2, 0.25) is 0 Å². The maximum atomic E-state index is 11.4. The molecule has 0 aromatic carbocycles. The van der Waals surface area contributed by atoms with Gasteiger partial charge >= 0.3 is 6.09 Å². The Labute approximate surface area is 96.1 Å². The Hall–Kier alpha value is -0.810. The molecule has 0 aromatic heterocycles. The van der Waals surface area contributed by atoms with Gasteiger partial charge in [-0.1, -0.05) is 0 Å². The third kappa shape index (κ3) is 5.92. The summed E-state index contributed by atoms with van der Waals surface area (Å²) in [4.78, 5) is 11.4. The highest BCUT2D eigenvalue weighted by molar-refractivity contribution is 5.68. The molecule has 1 amide bonds. The molecule has 94 valence electrons. The summed E-state index contributed by atoms with van der Waals surface area (Å²) in [6.07, 6.45) is 1.94. The van der Waals surface area contributed by atoms with Crippen LogP contribution in [0.4, 0.5) is 4.79 Å². The molecular formula is C11H21NO4. The van der Waals surface area contributed by atoms with E-state index in [0.29, 0.717) is 12.7 Å². The number of amides is 1. The molecule has 0 aromatic rings. The van der Waals surface area contributed by atoms with Crippen LogP contribution in [-0.2, 0) is 9.47 Å². The zero-order valence-corrected chi connectivity index (χ0v) is 10.2. The van der Waals surface area contributed by atoms with E-state index in [-0.39, 0.29) is 6.61 Å². The number of rotatable bonds is 5. The first-order valence-corrected chi connectivity index (χ1v) is 5.62. The van der Waals surface area contributed by atoms with E-state index >= 15 is 0 Å². The molecular weight excluding hydrogens is 210 g/mol. The second kappa shape index (κ2) is 5.50. The zero-order valence-electron chi connectivity index (χ0n) is 10.2. The molecule has 1 aliphatic carbocycles. The molecule has 1 aliphatic rings. The third-order valence-corrected chi connectivity index (χ3v) is 2.00. The third-order valence-electron chi connectivity index (χ3n) is 2.00. The van der Waals surface area contributed by atoms with E-state index in [1.54, 1.807) is 20.8 Å². The van der Waals surface area contributed by atoms with Crippen molar-refractivity contribution in [3.05, 3.63) is 0 Å². The van der Waals surface area contributed by atoms with Gasteiger partial charge in [-0.05, 0) is 33.6 Å². The van der Waals surface area contributed by atoms with Gasteiger partial charge in [0.1, 0.15) is 5.60 Å². The van der Waals surface area contributed by atoms with Gasteiger partial charge in [0.15, 0.2) is 0 Å². The molecule has 1 saturated carbocycles. The van der Waals surface area contributed by atoms with Gasteiger partial charge in [0.05, 0.1) is 25.4 Å². The number of carbonyl (C=O) groups excluding carboxylic acids is 1. The standard InChI is InChI=1S/C11H21NO4/c1-11(2,3)16-10(14)12-8(6-13)7-15-9-4-5-9/h8-9,13H,4-7H2,1-3H3,(H,12,14)/t8-/m1/s1. The highest BCUT2D eigenvalue weighted by atomic mass is 16.6. The van der Waals surface area contributed by atoms with Crippen molar-refractivity contribution < 1.29 is 19.4 Å². The van der Waals surface area contributed by atoms with Crippen LogP contribution in [0.5, 0.6) is 0 Å². The van der Waals surface area contributed by atoms with E-state index in [2.05, 4.69) is 5.32 Å². The first-order valence-electron chi connectivity index (χ1n) is 5.62. The van der Waals surface area contributed by atoms with Crippen molar-refractivity contribution >= 4 is 6.09 Å². The van der Waals surface area contributed by atoms with E-state index in [0.717, 1.165) is 12.8 Å². The van der Waals surface area contributed by atoms with Gasteiger partial charge in [-0.25, -0.2) is 4.79 Å².